The van der Waals surface area contributed by atoms with Crippen molar-refractivity contribution in [3.63, 3.8) is 0 Å². The molecule has 1 aliphatic carbocycles. The molecule has 0 spiro atoms. The van der Waals surface area contributed by atoms with Crippen LogP contribution in [-0.2, 0) is 11.0 Å². The molecule has 4 rings (SSSR count). The molecule has 1 heterocycles. The Morgan fingerprint density at radius 1 is 1.11 bits per heavy atom. The Morgan fingerprint density at radius 2 is 1.78 bits per heavy atom. The third-order valence-corrected chi connectivity index (χ3v) is 7.04. The molecule has 37 heavy (non-hydrogen) atoms. The number of carboxylic acid groups (broad SMARTS) is 1. The number of rotatable bonds is 6. The molecule has 2 aromatic carbocycles. The molecule has 1 aromatic heterocycles. The molecule has 0 unspecified atom stereocenters. The second kappa shape index (κ2) is 9.95. The number of nitro benzene ring substituents is 1. The second-order valence-corrected chi connectivity index (χ2v) is 9.67. The summed E-state index contributed by atoms with van der Waals surface area (Å²) in [6.45, 7) is 5.30. The van der Waals surface area contributed by atoms with E-state index in [1.807, 2.05) is 19.1 Å². The average Bonchev–Trinajstić information content (AvgIpc) is 2.82. The molecule has 11 heteroatoms. The number of halogens is 3. The fraction of sp³-hybridized carbons (Fsp3) is 0.423. The number of fused-ring (bicyclic) bond motifs is 1. The van der Waals surface area contributed by atoms with Gasteiger partial charge in [-0.2, -0.15) is 13.2 Å². The van der Waals surface area contributed by atoms with Gasteiger partial charge in [-0.3, -0.25) is 14.9 Å². The van der Waals surface area contributed by atoms with Gasteiger partial charge in [-0.1, -0.05) is 0 Å². The Labute approximate surface area is 211 Å². The van der Waals surface area contributed by atoms with Crippen LogP contribution in [0.15, 0.2) is 30.3 Å². The first-order valence-electron chi connectivity index (χ1n) is 12.0. The fourth-order valence-electron chi connectivity index (χ4n) is 5.06. The van der Waals surface area contributed by atoms with E-state index >= 15 is 0 Å². The monoisotopic (exact) mass is 516 g/mol. The summed E-state index contributed by atoms with van der Waals surface area (Å²) >= 11 is 0. The van der Waals surface area contributed by atoms with E-state index in [0.29, 0.717) is 41.5 Å². The maximum absolute atomic E-state index is 13.4. The van der Waals surface area contributed by atoms with Crippen LogP contribution in [0.5, 0.6) is 0 Å². The zero-order valence-electron chi connectivity index (χ0n) is 20.6. The summed E-state index contributed by atoms with van der Waals surface area (Å²) in [7, 11) is 0. The lowest BCUT2D eigenvalue weighted by molar-refractivity contribution is -0.385. The average molecular weight is 517 g/mol. The third-order valence-electron chi connectivity index (χ3n) is 7.04. The van der Waals surface area contributed by atoms with Crippen molar-refractivity contribution in [1.82, 2.24) is 9.97 Å². The van der Waals surface area contributed by atoms with Crippen molar-refractivity contribution < 1.29 is 28.0 Å². The van der Waals surface area contributed by atoms with Crippen LogP contribution >= 0.6 is 0 Å². The van der Waals surface area contributed by atoms with Crippen LogP contribution in [-0.4, -0.2) is 26.0 Å². The van der Waals surface area contributed by atoms with E-state index in [-0.39, 0.29) is 17.4 Å². The minimum atomic E-state index is -4.73. The first kappa shape index (κ1) is 26.3. The number of hydrogen-bond donors (Lipinski definition) is 2. The number of carboxylic acids is 1. The fourth-order valence-corrected chi connectivity index (χ4v) is 5.06. The Morgan fingerprint density at radius 3 is 2.38 bits per heavy atom. The lowest BCUT2D eigenvalue weighted by atomic mass is 9.77. The van der Waals surface area contributed by atoms with Gasteiger partial charge in [0.2, 0.25) is 0 Å². The molecule has 0 saturated heterocycles. The van der Waals surface area contributed by atoms with E-state index in [0.717, 1.165) is 36.1 Å². The summed E-state index contributed by atoms with van der Waals surface area (Å²) in [6.07, 6.45) is -2.06. The van der Waals surface area contributed by atoms with E-state index in [4.69, 9.17) is 0 Å². The molecule has 0 amide bonds. The number of nitro groups is 1. The highest BCUT2D eigenvalue weighted by atomic mass is 19.4. The number of benzene rings is 2. The van der Waals surface area contributed by atoms with Crippen LogP contribution in [0.4, 0.5) is 24.7 Å². The van der Waals surface area contributed by atoms with E-state index in [1.54, 1.807) is 13.8 Å². The Bertz CT molecular complexity index is 1370. The number of nitrogens with zero attached hydrogens (tertiary/aromatic N) is 3. The van der Waals surface area contributed by atoms with E-state index in [1.165, 1.54) is 0 Å². The predicted octanol–water partition coefficient (Wildman–Crippen LogP) is 6.71. The zero-order chi connectivity index (χ0) is 27.1. The molecule has 1 aliphatic rings. The minimum Gasteiger partial charge on any atom is -0.481 e. The first-order valence-corrected chi connectivity index (χ1v) is 12.0. The van der Waals surface area contributed by atoms with Gasteiger partial charge in [-0.05, 0) is 87.3 Å². The van der Waals surface area contributed by atoms with Crippen molar-refractivity contribution in [3.8, 4) is 0 Å². The molecular formula is C26H27F3N4O4. The molecule has 196 valence electrons. The van der Waals surface area contributed by atoms with Gasteiger partial charge in [0.15, 0.2) is 0 Å². The summed E-state index contributed by atoms with van der Waals surface area (Å²) in [5.41, 5.74) is 1.12. The van der Waals surface area contributed by atoms with Gasteiger partial charge in [-0.15, -0.1) is 0 Å². The van der Waals surface area contributed by atoms with Gasteiger partial charge in [0.05, 0.1) is 28.0 Å². The Kier molecular flexibility index (Phi) is 7.07. The highest BCUT2D eigenvalue weighted by Crippen LogP contribution is 2.40. The lowest BCUT2D eigenvalue weighted by Crippen LogP contribution is -2.21. The zero-order valence-corrected chi connectivity index (χ0v) is 20.6. The quantitative estimate of drug-likeness (QED) is 0.276. The number of alkyl halides is 3. The number of aromatic nitrogens is 2. The summed E-state index contributed by atoms with van der Waals surface area (Å²) < 4.78 is 40.2. The summed E-state index contributed by atoms with van der Waals surface area (Å²) in [4.78, 5) is 30.8. The number of non-ortho nitro benzene ring substituents is 1. The molecule has 8 nitrogen and oxygen atoms in total. The lowest BCUT2D eigenvalue weighted by Gasteiger charge is -2.28. The maximum atomic E-state index is 13.4. The molecule has 0 aliphatic heterocycles. The number of aryl methyl sites for hydroxylation is 2. The van der Waals surface area contributed by atoms with Crippen molar-refractivity contribution in [3.05, 3.63) is 68.5 Å². The van der Waals surface area contributed by atoms with E-state index in [9.17, 15) is 33.2 Å². The second-order valence-electron chi connectivity index (χ2n) is 9.67. The van der Waals surface area contributed by atoms with Crippen LogP contribution in [0.25, 0.3) is 10.9 Å². The number of aliphatic carboxylic acids is 1. The molecule has 2 N–H and O–H groups in total. The number of hydrogen-bond acceptors (Lipinski definition) is 6. The number of anilines is 1. The van der Waals surface area contributed by atoms with Gasteiger partial charge >= 0.3 is 12.1 Å². The normalized spacial score (nSPS) is 19.0. The SMILES string of the molecule is Cc1nc(N[C@H](C)c2cc([N+](=O)[O-])cc(C(F)(F)F)c2)c2cc(C3CCC(C(=O)O)CC3)c(C)cc2n1. The highest BCUT2D eigenvalue weighted by Gasteiger charge is 2.33. The van der Waals surface area contributed by atoms with Gasteiger partial charge in [0.1, 0.15) is 11.6 Å². The van der Waals surface area contributed by atoms with Crippen LogP contribution in [0.1, 0.15) is 72.6 Å². The largest absolute Gasteiger partial charge is 0.481 e. The third kappa shape index (κ3) is 5.65. The summed E-state index contributed by atoms with van der Waals surface area (Å²) in [5, 5.41) is 24.4. The van der Waals surface area contributed by atoms with Crippen molar-refractivity contribution in [1.29, 1.82) is 0 Å². The molecule has 3 aromatic rings. The van der Waals surface area contributed by atoms with Crippen molar-refractivity contribution in [2.75, 3.05) is 5.32 Å². The molecular weight excluding hydrogens is 489 g/mol. The molecule has 1 saturated carbocycles. The summed E-state index contributed by atoms with van der Waals surface area (Å²) in [6, 6.07) is 5.73. The number of carbonyl (C=O) groups is 1. The van der Waals surface area contributed by atoms with E-state index < -0.39 is 34.4 Å². The predicted molar refractivity (Wildman–Crippen MR) is 131 cm³/mol. The topological polar surface area (TPSA) is 118 Å². The molecule has 0 radical (unpaired) electrons. The van der Waals surface area contributed by atoms with Crippen LogP contribution in [0.3, 0.4) is 0 Å². The van der Waals surface area contributed by atoms with Crippen LogP contribution < -0.4 is 5.32 Å². The van der Waals surface area contributed by atoms with Crippen molar-refractivity contribution >= 4 is 28.4 Å². The number of nitrogens with one attached hydrogen (secondary N) is 1. The molecule has 0 bridgehead atoms. The molecule has 1 atom stereocenters. The maximum Gasteiger partial charge on any atom is 0.416 e. The van der Waals surface area contributed by atoms with Crippen LogP contribution in [0, 0.1) is 29.9 Å². The van der Waals surface area contributed by atoms with Crippen molar-refractivity contribution in [2.24, 2.45) is 5.92 Å². The van der Waals surface area contributed by atoms with E-state index in [2.05, 4.69) is 15.3 Å². The Balaban J connectivity index is 1.71. The van der Waals surface area contributed by atoms with Crippen LogP contribution in [0.2, 0.25) is 0 Å². The van der Waals surface area contributed by atoms with Gasteiger partial charge in [0.25, 0.3) is 5.69 Å². The minimum absolute atomic E-state index is 0.102. The van der Waals surface area contributed by atoms with Gasteiger partial charge < -0.3 is 10.4 Å². The standard InChI is InChI=1S/C26H27F3N4O4/c1-13-8-23-22(12-21(13)16-4-6-17(7-5-16)25(34)35)24(32-15(3)31-23)30-14(2)18-9-19(26(27,28)29)11-20(10-18)33(36)37/h8-12,14,16-17H,4-7H2,1-3H3,(H,34,35)(H,30,31,32)/t14-,16?,17?/m1/s1. The Hall–Kier alpha value is -3.76. The summed E-state index contributed by atoms with van der Waals surface area (Å²) in [5.74, 6) is -0.0509. The molecule has 1 fully saturated rings. The highest BCUT2D eigenvalue weighted by molar-refractivity contribution is 5.90. The smallest absolute Gasteiger partial charge is 0.416 e. The van der Waals surface area contributed by atoms with Crippen molar-refractivity contribution in [2.45, 2.75) is 64.6 Å². The van der Waals surface area contributed by atoms with Gasteiger partial charge in [0, 0.05) is 17.5 Å². The van der Waals surface area contributed by atoms with Gasteiger partial charge in [-0.25, -0.2) is 9.97 Å². The first-order chi connectivity index (χ1) is 17.3.